The molecule has 0 amide bonds. The van der Waals surface area contributed by atoms with Crippen molar-refractivity contribution in [3.05, 3.63) is 59.4 Å². The van der Waals surface area contributed by atoms with Crippen LogP contribution in [0.15, 0.2) is 42.6 Å². The quantitative estimate of drug-likeness (QED) is 0.786. The molecule has 0 aliphatic rings. The van der Waals surface area contributed by atoms with Crippen molar-refractivity contribution in [3.8, 4) is 5.75 Å². The van der Waals surface area contributed by atoms with E-state index < -0.39 is 0 Å². The van der Waals surface area contributed by atoms with E-state index in [1.54, 1.807) is 36.5 Å². The minimum absolute atomic E-state index is 0.0731. The van der Waals surface area contributed by atoms with Gasteiger partial charge in [0.15, 0.2) is 0 Å². The van der Waals surface area contributed by atoms with E-state index >= 15 is 0 Å². The molecule has 1 heterocycles. The lowest BCUT2D eigenvalue weighted by molar-refractivity contribution is 0.103. The second-order valence-electron chi connectivity index (χ2n) is 4.74. The summed E-state index contributed by atoms with van der Waals surface area (Å²) in [6.45, 7) is 5.88. The Kier molecular flexibility index (Phi) is 3.95. The Morgan fingerprint density at radius 2 is 1.79 bits per heavy atom. The van der Waals surface area contributed by atoms with Gasteiger partial charge in [-0.25, -0.2) is 0 Å². The minimum Gasteiger partial charge on any atom is -0.491 e. The molecule has 0 saturated carbocycles. The van der Waals surface area contributed by atoms with E-state index in [1.165, 1.54) is 0 Å². The summed E-state index contributed by atoms with van der Waals surface area (Å²) < 4.78 is 5.54. The van der Waals surface area contributed by atoms with Gasteiger partial charge in [-0.15, -0.1) is 0 Å². The number of carbonyl (C=O) groups excluding carboxylic acids is 1. The van der Waals surface area contributed by atoms with E-state index in [2.05, 4.69) is 4.98 Å². The summed E-state index contributed by atoms with van der Waals surface area (Å²) in [5, 5.41) is 0. The highest BCUT2D eigenvalue weighted by Gasteiger charge is 2.10. The van der Waals surface area contributed by atoms with E-state index in [0.29, 0.717) is 11.3 Å². The molecule has 3 nitrogen and oxygen atoms in total. The van der Waals surface area contributed by atoms with Crippen molar-refractivity contribution in [1.29, 1.82) is 0 Å². The SMILES string of the molecule is Cc1ccc(C(=O)c2ccc(OC(C)C)cc2)nc1. The zero-order valence-electron chi connectivity index (χ0n) is 11.4. The molecule has 2 aromatic rings. The maximum atomic E-state index is 12.2. The fourth-order valence-electron chi connectivity index (χ4n) is 1.71. The van der Waals surface area contributed by atoms with E-state index in [1.807, 2.05) is 26.8 Å². The Labute approximate surface area is 113 Å². The highest BCUT2D eigenvalue weighted by atomic mass is 16.5. The molecular formula is C16H17NO2. The normalized spacial score (nSPS) is 10.5. The predicted octanol–water partition coefficient (Wildman–Crippen LogP) is 3.41. The van der Waals surface area contributed by atoms with Crippen LogP contribution in [0.25, 0.3) is 0 Å². The van der Waals surface area contributed by atoms with Gasteiger partial charge in [0, 0.05) is 11.8 Å². The number of ether oxygens (including phenoxy) is 1. The summed E-state index contributed by atoms with van der Waals surface area (Å²) >= 11 is 0. The molecular weight excluding hydrogens is 238 g/mol. The molecule has 3 heteroatoms. The summed E-state index contributed by atoms with van der Waals surface area (Å²) in [5.41, 5.74) is 2.12. The van der Waals surface area contributed by atoms with Crippen LogP contribution >= 0.6 is 0 Å². The van der Waals surface area contributed by atoms with Crippen LogP contribution in [0.4, 0.5) is 0 Å². The van der Waals surface area contributed by atoms with Crippen LogP contribution in [0.5, 0.6) is 5.75 Å². The van der Waals surface area contributed by atoms with Crippen molar-refractivity contribution in [2.45, 2.75) is 26.9 Å². The Hall–Kier alpha value is -2.16. The van der Waals surface area contributed by atoms with Gasteiger partial charge in [0.25, 0.3) is 0 Å². The monoisotopic (exact) mass is 255 g/mol. The average molecular weight is 255 g/mol. The molecule has 0 bridgehead atoms. The van der Waals surface area contributed by atoms with Crippen LogP contribution in [0, 0.1) is 6.92 Å². The largest absolute Gasteiger partial charge is 0.491 e. The molecule has 1 aromatic heterocycles. The molecule has 1 aromatic carbocycles. The number of aryl methyl sites for hydroxylation is 1. The summed E-state index contributed by atoms with van der Waals surface area (Å²) in [5.74, 6) is 0.694. The number of aromatic nitrogens is 1. The number of nitrogens with zero attached hydrogens (tertiary/aromatic N) is 1. The van der Waals surface area contributed by atoms with Gasteiger partial charge in [0.2, 0.25) is 5.78 Å². The van der Waals surface area contributed by atoms with Gasteiger partial charge in [-0.05, 0) is 56.7 Å². The maximum Gasteiger partial charge on any atom is 0.211 e. The number of hydrogen-bond acceptors (Lipinski definition) is 3. The molecule has 0 unspecified atom stereocenters. The second kappa shape index (κ2) is 5.65. The van der Waals surface area contributed by atoms with Gasteiger partial charge in [-0.3, -0.25) is 9.78 Å². The number of benzene rings is 1. The van der Waals surface area contributed by atoms with Crippen LogP contribution in [-0.4, -0.2) is 16.9 Å². The first-order chi connectivity index (χ1) is 9.06. The predicted molar refractivity (Wildman–Crippen MR) is 74.6 cm³/mol. The molecule has 98 valence electrons. The lowest BCUT2D eigenvalue weighted by atomic mass is 10.1. The minimum atomic E-state index is -0.0731. The average Bonchev–Trinajstić information content (AvgIpc) is 2.39. The van der Waals surface area contributed by atoms with Crippen molar-refractivity contribution < 1.29 is 9.53 Å². The Bertz CT molecular complexity index is 556. The highest BCUT2D eigenvalue weighted by molar-refractivity contribution is 6.07. The first-order valence-corrected chi connectivity index (χ1v) is 6.30. The van der Waals surface area contributed by atoms with Crippen molar-refractivity contribution in [1.82, 2.24) is 4.98 Å². The molecule has 0 saturated heterocycles. The number of hydrogen-bond donors (Lipinski definition) is 0. The third kappa shape index (κ3) is 3.41. The van der Waals surface area contributed by atoms with Gasteiger partial charge < -0.3 is 4.74 Å². The number of pyridine rings is 1. The lowest BCUT2D eigenvalue weighted by Gasteiger charge is -2.09. The fraction of sp³-hybridized carbons (Fsp3) is 0.250. The van der Waals surface area contributed by atoms with Gasteiger partial charge in [-0.1, -0.05) is 6.07 Å². The van der Waals surface area contributed by atoms with Crippen molar-refractivity contribution in [2.75, 3.05) is 0 Å². The summed E-state index contributed by atoms with van der Waals surface area (Å²) in [4.78, 5) is 16.3. The highest BCUT2D eigenvalue weighted by Crippen LogP contribution is 2.16. The number of ketones is 1. The summed E-state index contributed by atoms with van der Waals surface area (Å²) in [6, 6.07) is 10.8. The molecule has 0 fully saturated rings. The van der Waals surface area contributed by atoms with Gasteiger partial charge >= 0.3 is 0 Å². The molecule has 0 radical (unpaired) electrons. The van der Waals surface area contributed by atoms with E-state index in [9.17, 15) is 4.79 Å². The topological polar surface area (TPSA) is 39.2 Å². The maximum absolute atomic E-state index is 12.2. The van der Waals surface area contributed by atoms with E-state index in [4.69, 9.17) is 4.74 Å². The summed E-state index contributed by atoms with van der Waals surface area (Å²) in [6.07, 6.45) is 1.82. The fourth-order valence-corrected chi connectivity index (χ4v) is 1.71. The zero-order chi connectivity index (χ0) is 13.8. The van der Waals surface area contributed by atoms with Gasteiger partial charge in [0.05, 0.1) is 6.10 Å². The van der Waals surface area contributed by atoms with Crippen molar-refractivity contribution in [2.24, 2.45) is 0 Å². The summed E-state index contributed by atoms with van der Waals surface area (Å²) in [7, 11) is 0. The van der Waals surface area contributed by atoms with E-state index in [0.717, 1.165) is 11.3 Å². The smallest absolute Gasteiger partial charge is 0.211 e. The van der Waals surface area contributed by atoms with Crippen LogP contribution in [-0.2, 0) is 0 Å². The first-order valence-electron chi connectivity index (χ1n) is 6.30. The number of rotatable bonds is 4. The van der Waals surface area contributed by atoms with Crippen LogP contribution in [0.2, 0.25) is 0 Å². The van der Waals surface area contributed by atoms with Gasteiger partial charge in [0.1, 0.15) is 11.4 Å². The Morgan fingerprint density at radius 1 is 1.11 bits per heavy atom. The molecule has 2 rings (SSSR count). The third-order valence-corrected chi connectivity index (χ3v) is 2.63. The van der Waals surface area contributed by atoms with Crippen LogP contribution in [0.1, 0.15) is 35.5 Å². The first kappa shape index (κ1) is 13.3. The van der Waals surface area contributed by atoms with Crippen LogP contribution in [0.3, 0.4) is 0 Å². The lowest BCUT2D eigenvalue weighted by Crippen LogP contribution is -2.07. The Morgan fingerprint density at radius 3 is 2.32 bits per heavy atom. The molecule has 19 heavy (non-hydrogen) atoms. The molecule has 0 aliphatic heterocycles. The third-order valence-electron chi connectivity index (χ3n) is 2.63. The zero-order valence-corrected chi connectivity index (χ0v) is 11.4. The molecule has 0 aliphatic carbocycles. The Balaban J connectivity index is 2.17. The number of carbonyl (C=O) groups is 1. The van der Waals surface area contributed by atoms with Crippen molar-refractivity contribution in [3.63, 3.8) is 0 Å². The van der Waals surface area contributed by atoms with E-state index in [-0.39, 0.29) is 11.9 Å². The van der Waals surface area contributed by atoms with Crippen molar-refractivity contribution >= 4 is 5.78 Å². The standard InChI is InChI=1S/C16H17NO2/c1-11(2)19-14-7-5-13(6-8-14)16(18)15-9-4-12(3)10-17-15/h4-11H,1-3H3. The second-order valence-corrected chi connectivity index (χ2v) is 4.74. The molecule has 0 N–H and O–H groups in total. The molecule has 0 spiro atoms. The van der Waals surface area contributed by atoms with Crippen LogP contribution < -0.4 is 4.74 Å². The van der Waals surface area contributed by atoms with Gasteiger partial charge in [-0.2, -0.15) is 0 Å². The molecule has 0 atom stereocenters.